The number of nitrogens with zero attached hydrogens (tertiary/aromatic N) is 1. The molecule has 0 bridgehead atoms. The second-order valence-corrected chi connectivity index (χ2v) is 6.59. The quantitative estimate of drug-likeness (QED) is 0.485. The fourth-order valence-corrected chi connectivity index (χ4v) is 3.16. The highest BCUT2D eigenvalue weighted by atomic mass is 16.8. The Morgan fingerprint density at radius 2 is 1.89 bits per heavy atom. The van der Waals surface area contributed by atoms with E-state index in [-0.39, 0.29) is 12.4 Å². The Bertz CT molecular complexity index is 879. The van der Waals surface area contributed by atoms with Crippen LogP contribution in [0.2, 0.25) is 0 Å². The number of ether oxygens (including phenoxy) is 1. The Balaban J connectivity index is 2.07. The first-order valence-corrected chi connectivity index (χ1v) is 8.43. The highest BCUT2D eigenvalue weighted by molar-refractivity contribution is 6.34. The van der Waals surface area contributed by atoms with Gasteiger partial charge in [-0.05, 0) is 30.2 Å². The van der Waals surface area contributed by atoms with Crippen LogP contribution in [0.1, 0.15) is 35.3 Å². The Kier molecular flexibility index (Phi) is 5.01. The molecule has 0 aliphatic carbocycles. The second-order valence-electron chi connectivity index (χ2n) is 6.59. The molecule has 142 valence electrons. The van der Waals surface area contributed by atoms with Crippen molar-refractivity contribution in [3.05, 3.63) is 64.7 Å². The molecule has 7 heteroatoms. The first kappa shape index (κ1) is 19.0. The van der Waals surface area contributed by atoms with E-state index in [2.05, 4.69) is 0 Å². The maximum Gasteiger partial charge on any atom is 0.313 e. The summed E-state index contributed by atoms with van der Waals surface area (Å²) in [4.78, 5) is 29.0. The van der Waals surface area contributed by atoms with Gasteiger partial charge in [0.15, 0.2) is 0 Å². The van der Waals surface area contributed by atoms with E-state index < -0.39 is 23.6 Å². The van der Waals surface area contributed by atoms with Crippen LogP contribution in [-0.2, 0) is 31.6 Å². The molecule has 0 aromatic heterocycles. The number of amides is 1. The molecule has 2 aromatic carbocycles. The molecule has 2 aromatic rings. The van der Waals surface area contributed by atoms with E-state index in [9.17, 15) is 19.8 Å². The van der Waals surface area contributed by atoms with Crippen LogP contribution in [0.25, 0.3) is 0 Å². The van der Waals surface area contributed by atoms with E-state index in [1.165, 1.54) is 19.2 Å². The largest absolute Gasteiger partial charge is 0.508 e. The van der Waals surface area contributed by atoms with Crippen LogP contribution >= 0.6 is 0 Å². The number of rotatable bonds is 4. The number of aromatic hydroxyl groups is 1. The molecular weight excluding hydrogens is 350 g/mol. The van der Waals surface area contributed by atoms with E-state index in [0.29, 0.717) is 16.2 Å². The number of carbonyl (C=O) groups excluding carboxylic acids is 2. The summed E-state index contributed by atoms with van der Waals surface area (Å²) in [5.74, 6) is -3.59. The van der Waals surface area contributed by atoms with Gasteiger partial charge in [0.2, 0.25) is 11.6 Å². The number of phenolic OH excluding ortho intramolecular Hbond substituents is 1. The van der Waals surface area contributed by atoms with Gasteiger partial charge >= 0.3 is 5.91 Å². The third-order valence-corrected chi connectivity index (χ3v) is 4.47. The summed E-state index contributed by atoms with van der Waals surface area (Å²) in [5, 5.41) is 21.7. The highest BCUT2D eigenvalue weighted by Crippen LogP contribution is 2.45. The zero-order valence-corrected chi connectivity index (χ0v) is 15.3. The molecule has 1 heterocycles. The summed E-state index contributed by atoms with van der Waals surface area (Å²) in [6.45, 7) is 3.27. The molecule has 7 nitrogen and oxygen atoms in total. The van der Waals surface area contributed by atoms with Gasteiger partial charge in [0.25, 0.3) is 0 Å². The van der Waals surface area contributed by atoms with Gasteiger partial charge in [0.05, 0.1) is 6.61 Å². The minimum Gasteiger partial charge on any atom is -0.508 e. The third-order valence-electron chi connectivity index (χ3n) is 4.47. The van der Waals surface area contributed by atoms with Crippen LogP contribution in [0.4, 0.5) is 0 Å². The maximum absolute atomic E-state index is 12.0. The second kappa shape index (κ2) is 7.11. The van der Waals surface area contributed by atoms with Gasteiger partial charge in [-0.25, -0.2) is 9.90 Å². The summed E-state index contributed by atoms with van der Waals surface area (Å²) in [7, 11) is 1.26. The van der Waals surface area contributed by atoms with Gasteiger partial charge in [-0.15, -0.1) is 0 Å². The lowest BCUT2D eigenvalue weighted by Gasteiger charge is -2.42. The number of Topliss-reactive ketones (excluding diaryl/α,β-unsaturated/α-hetero) is 1. The number of aliphatic hydroxyl groups is 1. The fourth-order valence-electron chi connectivity index (χ4n) is 3.16. The lowest BCUT2D eigenvalue weighted by atomic mass is 9.88. The first-order valence-electron chi connectivity index (χ1n) is 8.43. The summed E-state index contributed by atoms with van der Waals surface area (Å²) in [6, 6.07) is 11.5. The molecule has 1 aliphatic heterocycles. The molecule has 0 radical (unpaired) electrons. The van der Waals surface area contributed by atoms with Crippen molar-refractivity contribution in [3.8, 4) is 5.75 Å². The zero-order chi connectivity index (χ0) is 19.8. The number of benzene rings is 2. The molecule has 3 rings (SSSR count). The molecule has 2 N–H and O–H groups in total. The van der Waals surface area contributed by atoms with Gasteiger partial charge in [0.1, 0.15) is 11.9 Å². The predicted octanol–water partition coefficient (Wildman–Crippen LogP) is 2.10. The minimum absolute atomic E-state index is 0.0684. The van der Waals surface area contributed by atoms with Crippen LogP contribution in [0, 0.1) is 6.92 Å². The normalized spacial score (nSPS) is 21.4. The molecule has 27 heavy (non-hydrogen) atoms. The van der Waals surface area contributed by atoms with Gasteiger partial charge in [-0.2, -0.15) is 0 Å². The molecule has 2 unspecified atom stereocenters. The number of ketones is 1. The number of hydroxylamine groups is 2. The van der Waals surface area contributed by atoms with Crippen molar-refractivity contribution in [3.63, 3.8) is 0 Å². The lowest BCUT2D eigenvalue weighted by Crippen LogP contribution is -2.48. The van der Waals surface area contributed by atoms with Crippen LogP contribution < -0.4 is 0 Å². The summed E-state index contributed by atoms with van der Waals surface area (Å²) < 4.78 is 5.86. The first-order chi connectivity index (χ1) is 12.7. The van der Waals surface area contributed by atoms with Gasteiger partial charge in [-0.1, -0.05) is 35.9 Å². The smallest absolute Gasteiger partial charge is 0.313 e. The maximum atomic E-state index is 12.0. The number of likely N-dealkylation sites (N-methyl/N-ethyl adjacent to an activating group) is 1. The molecule has 2 atom stereocenters. The van der Waals surface area contributed by atoms with Crippen molar-refractivity contribution in [2.45, 2.75) is 32.3 Å². The average Bonchev–Trinajstić information content (AvgIpc) is 2.62. The Hall–Kier alpha value is -2.74. The number of fused-ring (bicyclic) bond motifs is 1. The SMILES string of the molecule is CC(=O)C(=O)N(C)OC1(O)c2ccc(C)cc2COC1c1ccc(O)cc1. The number of hydrogen-bond acceptors (Lipinski definition) is 6. The molecule has 0 saturated heterocycles. The number of phenols is 1. The van der Waals surface area contributed by atoms with Gasteiger partial charge in [0, 0.05) is 19.5 Å². The number of aryl methyl sites for hydroxylation is 1. The van der Waals surface area contributed by atoms with Crippen molar-refractivity contribution in [1.82, 2.24) is 5.06 Å². The standard InChI is InChI=1S/C20H21NO6/c1-12-4-9-17-15(10-12)11-26-18(14-5-7-16(23)8-6-14)20(17,25)27-21(3)19(24)13(2)22/h4-10,18,23,25H,11H2,1-3H3. The van der Waals surface area contributed by atoms with E-state index in [1.54, 1.807) is 18.2 Å². The minimum atomic E-state index is -2.04. The van der Waals surface area contributed by atoms with Crippen molar-refractivity contribution in [1.29, 1.82) is 0 Å². The molecule has 1 amide bonds. The summed E-state index contributed by atoms with van der Waals surface area (Å²) >= 11 is 0. The Morgan fingerprint density at radius 3 is 2.52 bits per heavy atom. The molecule has 0 spiro atoms. The summed E-state index contributed by atoms with van der Waals surface area (Å²) in [5.41, 5.74) is 2.69. The summed E-state index contributed by atoms with van der Waals surface area (Å²) in [6.07, 6.45) is -0.976. The fraction of sp³-hybridized carbons (Fsp3) is 0.300. The van der Waals surface area contributed by atoms with Crippen LogP contribution in [0.3, 0.4) is 0 Å². The Morgan fingerprint density at radius 1 is 1.22 bits per heavy atom. The predicted molar refractivity (Wildman–Crippen MR) is 95.2 cm³/mol. The highest BCUT2D eigenvalue weighted by Gasteiger charge is 2.48. The van der Waals surface area contributed by atoms with E-state index >= 15 is 0 Å². The van der Waals surface area contributed by atoms with Crippen molar-refractivity contribution in [2.24, 2.45) is 0 Å². The van der Waals surface area contributed by atoms with Crippen LogP contribution in [0.5, 0.6) is 5.75 Å². The van der Waals surface area contributed by atoms with Crippen LogP contribution in [-0.4, -0.2) is 34.0 Å². The van der Waals surface area contributed by atoms with Gasteiger partial charge in [-0.3, -0.25) is 9.59 Å². The monoisotopic (exact) mass is 371 g/mol. The topological polar surface area (TPSA) is 96.3 Å². The van der Waals surface area contributed by atoms with E-state index in [1.807, 2.05) is 19.1 Å². The average molecular weight is 371 g/mol. The van der Waals surface area contributed by atoms with Crippen LogP contribution in [0.15, 0.2) is 42.5 Å². The van der Waals surface area contributed by atoms with Gasteiger partial charge < -0.3 is 14.9 Å². The number of carbonyl (C=O) groups is 2. The molecule has 0 fully saturated rings. The molecule has 0 saturated carbocycles. The molecular formula is C20H21NO6. The van der Waals surface area contributed by atoms with E-state index in [0.717, 1.165) is 18.1 Å². The third kappa shape index (κ3) is 3.57. The zero-order valence-electron chi connectivity index (χ0n) is 15.3. The lowest BCUT2D eigenvalue weighted by molar-refractivity contribution is -0.364. The molecule has 1 aliphatic rings. The van der Waals surface area contributed by atoms with Crippen molar-refractivity contribution >= 4 is 11.7 Å². The Labute approximate surface area is 156 Å². The number of hydrogen-bond donors (Lipinski definition) is 2. The van der Waals surface area contributed by atoms with Crippen molar-refractivity contribution < 1.29 is 29.4 Å². The van der Waals surface area contributed by atoms with E-state index in [4.69, 9.17) is 9.57 Å². The van der Waals surface area contributed by atoms with Crippen molar-refractivity contribution in [2.75, 3.05) is 7.05 Å².